The molecule has 0 saturated heterocycles. The fraction of sp³-hybridized carbons (Fsp3) is 0.357. The Morgan fingerprint density at radius 1 is 1.00 bits per heavy atom. The van der Waals surface area contributed by atoms with Gasteiger partial charge < -0.3 is 15.3 Å². The van der Waals surface area contributed by atoms with Gasteiger partial charge in [-0.25, -0.2) is 4.99 Å². The molecule has 0 saturated carbocycles. The van der Waals surface area contributed by atoms with Gasteiger partial charge >= 0.3 is 11.9 Å². The van der Waals surface area contributed by atoms with Gasteiger partial charge in [0.1, 0.15) is 0 Å². The van der Waals surface area contributed by atoms with Crippen LogP contribution in [0.4, 0.5) is 5.69 Å². The standard InChI is InChI=1S/C14H18N2O5.Tc/c1-9-4-3-5-10(2)14(9)15-11(17)6-16(7-12(18)19)8-13(20)21;/h3-5H,6-8H2,1-2H3,(H,15,17)(H,18,19)(H,20,21);. The third-order valence-corrected chi connectivity index (χ3v) is 2.76. The van der Waals surface area contributed by atoms with Crippen LogP contribution in [0.5, 0.6) is 0 Å². The Labute approximate surface area is 141 Å². The third-order valence-electron chi connectivity index (χ3n) is 2.76. The summed E-state index contributed by atoms with van der Waals surface area (Å²) in [5, 5.41) is 27.3. The quantitative estimate of drug-likeness (QED) is 0.477. The van der Waals surface area contributed by atoms with Gasteiger partial charge in [-0.05, 0) is 25.0 Å². The number of rotatable bonds is 7. The first kappa shape index (κ1) is 20.2. The molecule has 0 atom stereocenters. The molecule has 0 amide bonds. The number of para-hydroxylation sites is 1. The first-order valence-electron chi connectivity index (χ1n) is 6.28. The van der Waals surface area contributed by atoms with Crippen molar-refractivity contribution < 1.29 is 45.0 Å². The molecule has 0 aromatic heterocycles. The smallest absolute Gasteiger partial charge is 0.317 e. The normalized spacial score (nSPS) is 11.1. The Bertz CT molecular complexity index is 538. The van der Waals surface area contributed by atoms with Crippen molar-refractivity contribution in [3.63, 3.8) is 0 Å². The molecule has 7 nitrogen and oxygen atoms in total. The maximum atomic E-state index is 10.7. The van der Waals surface area contributed by atoms with E-state index >= 15 is 0 Å². The van der Waals surface area contributed by atoms with Gasteiger partial charge in [0.2, 0.25) is 5.90 Å². The number of hydrogen-bond donors (Lipinski definition) is 3. The summed E-state index contributed by atoms with van der Waals surface area (Å²) in [5.41, 5.74) is 2.33. The van der Waals surface area contributed by atoms with Crippen LogP contribution in [-0.2, 0) is 29.7 Å². The molecule has 0 aliphatic heterocycles. The van der Waals surface area contributed by atoms with E-state index < -0.39 is 25.0 Å². The van der Waals surface area contributed by atoms with Gasteiger partial charge in [-0.3, -0.25) is 14.5 Å². The number of hydrogen-bond acceptors (Lipinski definition) is 4. The zero-order valence-corrected chi connectivity index (χ0v) is 14.1. The number of aryl methyl sites for hydroxylation is 2. The molecule has 1 aromatic rings. The minimum Gasteiger partial charge on any atom is -0.495 e. The second-order valence-electron chi connectivity index (χ2n) is 4.70. The van der Waals surface area contributed by atoms with E-state index in [4.69, 9.17) is 10.2 Å². The average molecular weight is 392 g/mol. The first-order valence-corrected chi connectivity index (χ1v) is 6.28. The van der Waals surface area contributed by atoms with Gasteiger partial charge in [0.05, 0.1) is 25.3 Å². The van der Waals surface area contributed by atoms with Crippen molar-refractivity contribution in [1.29, 1.82) is 0 Å². The summed E-state index contributed by atoms with van der Waals surface area (Å²) in [5.74, 6) is -2.66. The molecule has 1 aromatic carbocycles. The molecule has 1 rings (SSSR count). The van der Waals surface area contributed by atoms with Crippen molar-refractivity contribution in [3.05, 3.63) is 29.3 Å². The van der Waals surface area contributed by atoms with Crippen molar-refractivity contribution in [1.82, 2.24) is 4.90 Å². The second kappa shape index (κ2) is 9.30. The van der Waals surface area contributed by atoms with E-state index in [0.29, 0.717) is 5.69 Å². The number of carbonyl (C=O) groups is 2. The average Bonchev–Trinajstić information content (AvgIpc) is 2.32. The molecule has 0 spiro atoms. The summed E-state index contributed by atoms with van der Waals surface area (Å²) < 4.78 is 0. The number of carboxylic acids is 2. The summed E-state index contributed by atoms with van der Waals surface area (Å²) in [6.07, 6.45) is 0. The molecule has 1 radical (unpaired) electrons. The topological polar surface area (TPSA) is 110 Å². The molecule has 0 aliphatic rings. The second-order valence-corrected chi connectivity index (χ2v) is 4.70. The van der Waals surface area contributed by atoms with E-state index in [2.05, 4.69) is 4.99 Å². The molecule has 3 N–H and O–H groups in total. The Hall–Kier alpha value is -1.76. The zero-order valence-electron chi connectivity index (χ0n) is 12.3. The van der Waals surface area contributed by atoms with Gasteiger partial charge in [0.15, 0.2) is 0 Å². The Morgan fingerprint density at radius 2 is 1.45 bits per heavy atom. The fourth-order valence-electron chi connectivity index (χ4n) is 1.90. The van der Waals surface area contributed by atoms with E-state index in [-0.39, 0.29) is 32.5 Å². The van der Waals surface area contributed by atoms with E-state index in [1.165, 1.54) is 0 Å². The molecule has 121 valence electrons. The van der Waals surface area contributed by atoms with Crippen molar-refractivity contribution in [2.24, 2.45) is 4.99 Å². The van der Waals surface area contributed by atoms with E-state index in [1.807, 2.05) is 32.0 Å². The first-order chi connectivity index (χ1) is 9.79. The summed E-state index contributed by atoms with van der Waals surface area (Å²) in [4.78, 5) is 26.5. The van der Waals surface area contributed by atoms with E-state index in [1.54, 1.807) is 0 Å². The maximum Gasteiger partial charge on any atom is 0.317 e. The molecule has 0 bridgehead atoms. The number of aliphatic carboxylic acids is 2. The Kier molecular flexibility index (Phi) is 8.55. The molecule has 0 aliphatic carbocycles. The van der Waals surface area contributed by atoms with Gasteiger partial charge in [0, 0.05) is 20.1 Å². The molecule has 0 unspecified atom stereocenters. The monoisotopic (exact) mass is 391 g/mol. The predicted octanol–water partition coefficient (Wildman–Crippen LogP) is 1.36. The number of benzene rings is 1. The third kappa shape index (κ3) is 6.80. The summed E-state index contributed by atoms with van der Waals surface area (Å²) in [6.45, 7) is 2.46. The minimum atomic E-state index is -1.17. The van der Waals surface area contributed by atoms with Crippen LogP contribution in [0.15, 0.2) is 23.2 Å². The van der Waals surface area contributed by atoms with Gasteiger partial charge in [-0.2, -0.15) is 0 Å². The van der Waals surface area contributed by atoms with Crippen LogP contribution < -0.4 is 0 Å². The largest absolute Gasteiger partial charge is 0.495 e. The van der Waals surface area contributed by atoms with Crippen LogP contribution in [0, 0.1) is 13.8 Å². The van der Waals surface area contributed by atoms with E-state index in [0.717, 1.165) is 16.0 Å². The van der Waals surface area contributed by atoms with Crippen LogP contribution in [0.2, 0.25) is 0 Å². The molecular formula is C14H18N2O5Tc. The molecule has 0 heterocycles. The van der Waals surface area contributed by atoms with Crippen LogP contribution >= 0.6 is 0 Å². The number of aliphatic hydroxyl groups is 1. The number of aliphatic hydroxyl groups excluding tert-OH is 1. The molecule has 22 heavy (non-hydrogen) atoms. The Balaban J connectivity index is 0.00000441. The van der Waals surface area contributed by atoms with Crippen molar-refractivity contribution in [3.8, 4) is 0 Å². The maximum absolute atomic E-state index is 10.7. The van der Waals surface area contributed by atoms with Crippen molar-refractivity contribution in [2.45, 2.75) is 13.8 Å². The zero-order chi connectivity index (χ0) is 16.0. The number of carboxylic acid groups (broad SMARTS) is 2. The summed E-state index contributed by atoms with van der Waals surface area (Å²) >= 11 is 0. The van der Waals surface area contributed by atoms with Crippen LogP contribution in [-0.4, -0.2) is 57.7 Å². The number of aliphatic imine (C=N–C) groups is 1. The minimum absolute atomic E-state index is 0. The van der Waals surface area contributed by atoms with Crippen LogP contribution in [0.1, 0.15) is 11.1 Å². The molecule has 8 heteroatoms. The fourth-order valence-corrected chi connectivity index (χ4v) is 1.90. The van der Waals surface area contributed by atoms with E-state index in [9.17, 15) is 14.7 Å². The van der Waals surface area contributed by atoms with Gasteiger partial charge in [-0.1, -0.05) is 18.2 Å². The van der Waals surface area contributed by atoms with Crippen LogP contribution in [0.3, 0.4) is 0 Å². The van der Waals surface area contributed by atoms with Crippen LogP contribution in [0.25, 0.3) is 0 Å². The SMILES string of the molecule is Cc1cccc(C)c1N=C(O)CN(CC(=O)O)CC(=O)O.[Tc]. The summed E-state index contributed by atoms with van der Waals surface area (Å²) in [7, 11) is 0. The van der Waals surface area contributed by atoms with Crippen molar-refractivity contribution in [2.75, 3.05) is 19.6 Å². The number of nitrogens with zero attached hydrogens (tertiary/aromatic N) is 2. The summed E-state index contributed by atoms with van der Waals surface area (Å²) in [6, 6.07) is 5.54. The Morgan fingerprint density at radius 3 is 1.86 bits per heavy atom. The predicted molar refractivity (Wildman–Crippen MR) is 77.4 cm³/mol. The van der Waals surface area contributed by atoms with Gasteiger partial charge in [-0.15, -0.1) is 0 Å². The molecule has 0 fully saturated rings. The van der Waals surface area contributed by atoms with Gasteiger partial charge in [0.25, 0.3) is 0 Å². The van der Waals surface area contributed by atoms with Crippen molar-refractivity contribution >= 4 is 23.5 Å². The molecular weight excluding hydrogens is 374 g/mol.